The van der Waals surface area contributed by atoms with Crippen LogP contribution in [0.5, 0.6) is 0 Å². The minimum Gasteiger partial charge on any atom is -0.598 e. The molecule has 2 aliphatic heterocycles. The van der Waals surface area contributed by atoms with Crippen LogP contribution in [0.4, 0.5) is 5.95 Å². The molecule has 9 nitrogen and oxygen atoms in total. The Labute approximate surface area is 241 Å². The Morgan fingerprint density at radius 3 is 2.69 bits per heavy atom. The van der Waals surface area contributed by atoms with Gasteiger partial charge < -0.3 is 14.2 Å². The molecule has 12 heteroatoms. The Morgan fingerprint density at radius 2 is 2.00 bits per heavy atom. The van der Waals surface area contributed by atoms with E-state index in [0.29, 0.717) is 22.5 Å². The number of aryl methyl sites for hydroxylation is 1. The van der Waals surface area contributed by atoms with Crippen LogP contribution < -0.4 is 15.2 Å². The second-order valence-electron chi connectivity index (χ2n) is 11.3. The standard InChI is InChI=1S/C27H37ClN6O3S2/c1-7-26(3,4)39(36)31-23-17(2)37-16-27(23)10-12-34(13-11-27)25-29-14-21(24(35)33(25)6)38-20-9-8-19-18(22(20)28)15-32(5)30-19/h8-9,14-15,17,23,31H,7,10-13,16H2,1-6H3/t17-,23+,39?/m0/s1. The molecule has 5 rings (SSSR count). The molecule has 3 atom stereocenters. The van der Waals surface area contributed by atoms with Crippen molar-refractivity contribution in [3.63, 3.8) is 0 Å². The molecule has 0 radical (unpaired) electrons. The Kier molecular flexibility index (Phi) is 8.04. The number of nitrogens with one attached hydrogen (secondary N) is 1. The van der Waals surface area contributed by atoms with Gasteiger partial charge in [0.05, 0.1) is 40.4 Å². The van der Waals surface area contributed by atoms with Crippen molar-refractivity contribution in [2.24, 2.45) is 19.5 Å². The highest BCUT2D eigenvalue weighted by molar-refractivity contribution is 7.99. The largest absolute Gasteiger partial charge is 0.598 e. The fourth-order valence-electron chi connectivity index (χ4n) is 5.45. The van der Waals surface area contributed by atoms with Crippen molar-refractivity contribution in [2.75, 3.05) is 24.6 Å². The third kappa shape index (κ3) is 5.34. The number of rotatable bonds is 7. The Balaban J connectivity index is 1.31. The Hall–Kier alpha value is -1.76. The van der Waals surface area contributed by atoms with Gasteiger partial charge in [-0.2, -0.15) is 5.10 Å². The van der Waals surface area contributed by atoms with Gasteiger partial charge in [-0.25, -0.2) is 4.98 Å². The van der Waals surface area contributed by atoms with Crippen LogP contribution >= 0.6 is 23.4 Å². The van der Waals surface area contributed by atoms with Crippen molar-refractivity contribution >= 4 is 51.6 Å². The molecule has 2 saturated heterocycles. The van der Waals surface area contributed by atoms with E-state index in [1.165, 1.54) is 11.8 Å². The highest BCUT2D eigenvalue weighted by atomic mass is 35.5. The van der Waals surface area contributed by atoms with E-state index < -0.39 is 11.4 Å². The lowest BCUT2D eigenvalue weighted by Gasteiger charge is -2.43. The van der Waals surface area contributed by atoms with E-state index >= 15 is 0 Å². The van der Waals surface area contributed by atoms with Gasteiger partial charge in [-0.1, -0.05) is 30.3 Å². The van der Waals surface area contributed by atoms with Crippen molar-refractivity contribution in [1.29, 1.82) is 0 Å². The summed E-state index contributed by atoms with van der Waals surface area (Å²) in [6.45, 7) is 10.3. The smallest absolute Gasteiger partial charge is 0.268 e. The lowest BCUT2D eigenvalue weighted by atomic mass is 9.73. The van der Waals surface area contributed by atoms with Crippen molar-refractivity contribution in [2.45, 2.75) is 73.6 Å². The van der Waals surface area contributed by atoms with Crippen LogP contribution in [0.15, 0.2) is 39.1 Å². The summed E-state index contributed by atoms with van der Waals surface area (Å²) in [6, 6.07) is 3.82. The first-order chi connectivity index (χ1) is 18.5. The minimum atomic E-state index is -1.17. The van der Waals surface area contributed by atoms with Gasteiger partial charge in [0, 0.05) is 60.4 Å². The minimum absolute atomic E-state index is 0.00958. The van der Waals surface area contributed by atoms with E-state index in [2.05, 4.69) is 28.6 Å². The van der Waals surface area contributed by atoms with E-state index in [9.17, 15) is 9.35 Å². The number of fused-ring (bicyclic) bond motifs is 1. The molecule has 0 aliphatic carbocycles. The molecular weight excluding hydrogens is 556 g/mol. The predicted molar refractivity (Wildman–Crippen MR) is 158 cm³/mol. The fourth-order valence-corrected chi connectivity index (χ4v) is 7.93. The second-order valence-corrected chi connectivity index (χ2v) is 14.7. The monoisotopic (exact) mass is 592 g/mol. The number of hydrogen-bond donors (Lipinski definition) is 1. The zero-order chi connectivity index (χ0) is 28.1. The molecule has 3 aromatic rings. The van der Waals surface area contributed by atoms with Gasteiger partial charge in [-0.05, 0) is 52.2 Å². The highest BCUT2D eigenvalue weighted by Gasteiger charge is 2.52. The Morgan fingerprint density at radius 1 is 1.28 bits per heavy atom. The van der Waals surface area contributed by atoms with Crippen LogP contribution in [0.25, 0.3) is 10.9 Å². The summed E-state index contributed by atoms with van der Waals surface area (Å²) in [4.78, 5) is 21.5. The number of hydrogen-bond acceptors (Lipinski definition) is 8. The molecule has 212 valence electrons. The molecule has 0 bridgehead atoms. The third-order valence-corrected chi connectivity index (χ3v) is 11.8. The van der Waals surface area contributed by atoms with Crippen molar-refractivity contribution in [3.05, 3.63) is 39.9 Å². The Bertz CT molecular complexity index is 1420. The first-order valence-corrected chi connectivity index (χ1v) is 15.7. The van der Waals surface area contributed by atoms with Crippen LogP contribution in [-0.2, 0) is 30.2 Å². The van der Waals surface area contributed by atoms with Gasteiger partial charge in [-0.15, -0.1) is 4.72 Å². The first kappa shape index (κ1) is 28.8. The average Bonchev–Trinajstić information content (AvgIpc) is 3.44. The van der Waals surface area contributed by atoms with Crippen LogP contribution in [0.1, 0.15) is 47.0 Å². The maximum absolute atomic E-state index is 13.4. The lowest BCUT2D eigenvalue weighted by Crippen LogP contribution is -2.57. The molecule has 1 spiro atoms. The van der Waals surface area contributed by atoms with Crippen LogP contribution in [0.2, 0.25) is 5.02 Å². The third-order valence-electron chi connectivity index (χ3n) is 8.43. The summed E-state index contributed by atoms with van der Waals surface area (Å²) < 4.78 is 25.7. The normalized spacial score (nSPS) is 22.2. The van der Waals surface area contributed by atoms with Gasteiger partial charge in [0.2, 0.25) is 5.95 Å². The molecule has 0 saturated carbocycles. The fraction of sp³-hybridized carbons (Fsp3) is 0.593. The molecule has 1 aromatic carbocycles. The number of benzene rings is 1. The number of ether oxygens (including phenoxy) is 1. The summed E-state index contributed by atoms with van der Waals surface area (Å²) in [5, 5.41) is 5.83. The van der Waals surface area contributed by atoms with Crippen molar-refractivity contribution in [3.8, 4) is 0 Å². The van der Waals surface area contributed by atoms with E-state index in [0.717, 1.165) is 48.2 Å². The van der Waals surface area contributed by atoms with E-state index in [-0.39, 0.29) is 27.9 Å². The van der Waals surface area contributed by atoms with Gasteiger partial charge in [0.1, 0.15) is 4.75 Å². The molecule has 4 heterocycles. The predicted octanol–water partition coefficient (Wildman–Crippen LogP) is 4.29. The molecule has 2 aromatic heterocycles. The molecule has 1 unspecified atom stereocenters. The summed E-state index contributed by atoms with van der Waals surface area (Å²) in [7, 11) is 3.63. The van der Waals surface area contributed by atoms with E-state index in [4.69, 9.17) is 21.3 Å². The number of nitrogens with zero attached hydrogens (tertiary/aromatic N) is 5. The molecule has 0 amide bonds. The number of piperidine rings is 1. The summed E-state index contributed by atoms with van der Waals surface area (Å²) in [5.41, 5.74) is 0.615. The van der Waals surface area contributed by atoms with Crippen molar-refractivity contribution < 1.29 is 9.29 Å². The van der Waals surface area contributed by atoms with Crippen LogP contribution in [-0.4, -0.2) is 60.5 Å². The second kappa shape index (κ2) is 10.9. The summed E-state index contributed by atoms with van der Waals surface area (Å²) in [6.07, 6.45) is 6.08. The topological polar surface area (TPSA) is 100 Å². The number of anilines is 1. The van der Waals surface area contributed by atoms with Crippen LogP contribution in [0, 0.1) is 5.41 Å². The maximum atomic E-state index is 13.4. The van der Waals surface area contributed by atoms with Gasteiger partial charge >= 0.3 is 0 Å². The molecule has 2 aliphatic rings. The maximum Gasteiger partial charge on any atom is 0.268 e. The SMILES string of the molecule is CCC(C)(C)[S+]([O-])N[C@@H]1[C@H](C)OCC12CCN(c1ncc(Sc3ccc4nn(C)cc4c3Cl)c(=O)n1C)CC2. The zero-order valence-electron chi connectivity index (χ0n) is 23.4. The van der Waals surface area contributed by atoms with Crippen LogP contribution in [0.3, 0.4) is 0 Å². The zero-order valence-corrected chi connectivity index (χ0v) is 25.8. The number of halogens is 1. The summed E-state index contributed by atoms with van der Waals surface area (Å²) in [5.74, 6) is 0.653. The van der Waals surface area contributed by atoms with Gasteiger partial charge in [-0.3, -0.25) is 14.0 Å². The lowest BCUT2D eigenvalue weighted by molar-refractivity contribution is 0.0972. The van der Waals surface area contributed by atoms with Gasteiger partial charge in [0.25, 0.3) is 5.56 Å². The molecular formula is C27H37ClN6O3S2. The first-order valence-electron chi connectivity index (χ1n) is 13.4. The van der Waals surface area contributed by atoms with Gasteiger partial charge in [0.15, 0.2) is 0 Å². The summed E-state index contributed by atoms with van der Waals surface area (Å²) >= 11 is 6.81. The quantitative estimate of drug-likeness (QED) is 0.406. The van der Waals surface area contributed by atoms with E-state index in [1.54, 1.807) is 22.5 Å². The number of aromatic nitrogens is 4. The molecule has 1 N–H and O–H groups in total. The molecule has 2 fully saturated rings. The average molecular weight is 593 g/mol. The van der Waals surface area contributed by atoms with E-state index in [1.807, 2.05) is 39.2 Å². The highest BCUT2D eigenvalue weighted by Crippen LogP contribution is 2.44. The molecule has 39 heavy (non-hydrogen) atoms. The van der Waals surface area contributed by atoms with Crippen molar-refractivity contribution in [1.82, 2.24) is 24.1 Å².